The van der Waals surface area contributed by atoms with Crippen LogP contribution in [0.1, 0.15) is 6.42 Å². The standard InChI is InChI=1S/C13H17BrN2O3S/c14-11-3-1-2-4-12(11)16-13(17)8-15-7-10-5-6-20(18,19)9-10/h1-4,10,15H,5-9H2,(H,16,17). The molecule has 1 aliphatic rings. The molecule has 0 bridgehead atoms. The SMILES string of the molecule is O=C(CNCC1CCS(=O)(=O)C1)Nc1ccccc1Br. The topological polar surface area (TPSA) is 75.3 Å². The highest BCUT2D eigenvalue weighted by Crippen LogP contribution is 2.21. The maximum Gasteiger partial charge on any atom is 0.238 e. The second-order valence-electron chi connectivity index (χ2n) is 4.93. The van der Waals surface area contributed by atoms with Crippen molar-refractivity contribution in [3.8, 4) is 0 Å². The van der Waals surface area contributed by atoms with E-state index in [4.69, 9.17) is 0 Å². The van der Waals surface area contributed by atoms with Gasteiger partial charge in [-0.2, -0.15) is 0 Å². The van der Waals surface area contributed by atoms with E-state index < -0.39 is 9.84 Å². The van der Waals surface area contributed by atoms with Gasteiger partial charge < -0.3 is 10.6 Å². The van der Waals surface area contributed by atoms with Crippen molar-refractivity contribution in [2.75, 3.05) is 29.9 Å². The Morgan fingerprint density at radius 1 is 1.35 bits per heavy atom. The van der Waals surface area contributed by atoms with Crippen molar-refractivity contribution < 1.29 is 13.2 Å². The van der Waals surface area contributed by atoms with E-state index in [1.807, 2.05) is 24.3 Å². The Morgan fingerprint density at radius 3 is 2.75 bits per heavy atom. The van der Waals surface area contributed by atoms with Crippen LogP contribution < -0.4 is 10.6 Å². The van der Waals surface area contributed by atoms with Gasteiger partial charge >= 0.3 is 0 Å². The lowest BCUT2D eigenvalue weighted by molar-refractivity contribution is -0.115. The van der Waals surface area contributed by atoms with Gasteiger partial charge in [-0.15, -0.1) is 0 Å². The van der Waals surface area contributed by atoms with Crippen molar-refractivity contribution >= 4 is 37.4 Å². The molecule has 2 N–H and O–H groups in total. The molecular weight excluding hydrogens is 344 g/mol. The maximum atomic E-state index is 11.8. The van der Waals surface area contributed by atoms with E-state index in [1.165, 1.54) is 0 Å². The first-order valence-corrected chi connectivity index (χ1v) is 9.03. The summed E-state index contributed by atoms with van der Waals surface area (Å²) in [6.07, 6.45) is 0.682. The normalized spacial score (nSPS) is 20.8. The van der Waals surface area contributed by atoms with Gasteiger partial charge in [0.2, 0.25) is 5.91 Å². The highest BCUT2D eigenvalue weighted by molar-refractivity contribution is 9.10. The van der Waals surface area contributed by atoms with Gasteiger partial charge in [-0.05, 0) is 46.9 Å². The number of anilines is 1. The van der Waals surface area contributed by atoms with Gasteiger partial charge in [0, 0.05) is 4.47 Å². The largest absolute Gasteiger partial charge is 0.324 e. The van der Waals surface area contributed by atoms with Crippen LogP contribution in [0.3, 0.4) is 0 Å². The zero-order chi connectivity index (χ0) is 14.6. The van der Waals surface area contributed by atoms with Crippen molar-refractivity contribution in [3.63, 3.8) is 0 Å². The summed E-state index contributed by atoms with van der Waals surface area (Å²) in [5.74, 6) is 0.475. The van der Waals surface area contributed by atoms with Crippen molar-refractivity contribution in [3.05, 3.63) is 28.7 Å². The minimum Gasteiger partial charge on any atom is -0.324 e. The first-order valence-electron chi connectivity index (χ1n) is 6.42. The number of amides is 1. The summed E-state index contributed by atoms with van der Waals surface area (Å²) in [7, 11) is -2.85. The Labute approximate surface area is 127 Å². The number of halogens is 1. The summed E-state index contributed by atoms with van der Waals surface area (Å²) in [4.78, 5) is 11.8. The van der Waals surface area contributed by atoms with Crippen LogP contribution in [0.25, 0.3) is 0 Å². The van der Waals surface area contributed by atoms with Gasteiger partial charge in [0.05, 0.1) is 23.7 Å². The molecule has 0 saturated carbocycles. The molecular formula is C13H17BrN2O3S. The Kier molecular flexibility index (Phi) is 5.17. The number of benzene rings is 1. The monoisotopic (exact) mass is 360 g/mol. The van der Waals surface area contributed by atoms with Crippen molar-refractivity contribution in [2.24, 2.45) is 5.92 Å². The van der Waals surface area contributed by atoms with Gasteiger partial charge in [-0.1, -0.05) is 12.1 Å². The fourth-order valence-electron chi connectivity index (χ4n) is 2.18. The molecule has 1 atom stereocenters. The molecule has 1 amide bonds. The Balaban J connectivity index is 1.72. The fraction of sp³-hybridized carbons (Fsp3) is 0.462. The molecule has 1 unspecified atom stereocenters. The lowest BCUT2D eigenvalue weighted by Gasteiger charge is -2.10. The molecule has 110 valence electrons. The quantitative estimate of drug-likeness (QED) is 0.832. The fourth-order valence-corrected chi connectivity index (χ4v) is 4.43. The summed E-state index contributed by atoms with van der Waals surface area (Å²) in [5.41, 5.74) is 0.725. The van der Waals surface area contributed by atoms with Crippen LogP contribution in [0, 0.1) is 5.92 Å². The molecule has 1 aromatic rings. The van der Waals surface area contributed by atoms with Crippen LogP contribution in [-0.2, 0) is 14.6 Å². The first kappa shape index (κ1) is 15.5. The van der Waals surface area contributed by atoms with Crippen LogP contribution in [0.2, 0.25) is 0 Å². The van der Waals surface area contributed by atoms with Gasteiger partial charge in [0.25, 0.3) is 0 Å². The average Bonchev–Trinajstić information content (AvgIpc) is 2.72. The third kappa shape index (κ3) is 4.57. The molecule has 1 heterocycles. The number of carbonyl (C=O) groups excluding carboxylic acids is 1. The molecule has 20 heavy (non-hydrogen) atoms. The number of hydrogen-bond acceptors (Lipinski definition) is 4. The molecule has 2 rings (SSSR count). The molecule has 7 heteroatoms. The zero-order valence-electron chi connectivity index (χ0n) is 10.9. The summed E-state index contributed by atoms with van der Waals surface area (Å²) in [6.45, 7) is 0.737. The van der Waals surface area contributed by atoms with E-state index in [0.29, 0.717) is 13.0 Å². The molecule has 0 spiro atoms. The molecule has 1 saturated heterocycles. The van der Waals surface area contributed by atoms with Crippen molar-refractivity contribution in [2.45, 2.75) is 6.42 Å². The molecule has 0 aromatic heterocycles. The van der Waals surface area contributed by atoms with Gasteiger partial charge in [0.15, 0.2) is 9.84 Å². The second-order valence-corrected chi connectivity index (χ2v) is 8.01. The lowest BCUT2D eigenvalue weighted by Crippen LogP contribution is -2.32. The number of hydrogen-bond donors (Lipinski definition) is 2. The Morgan fingerprint density at radius 2 is 2.10 bits per heavy atom. The number of nitrogens with one attached hydrogen (secondary N) is 2. The predicted molar refractivity (Wildman–Crippen MR) is 82.4 cm³/mol. The Bertz CT molecular complexity index is 589. The van der Waals surface area contributed by atoms with Gasteiger partial charge in [0.1, 0.15) is 0 Å². The van der Waals surface area contributed by atoms with E-state index in [9.17, 15) is 13.2 Å². The summed E-state index contributed by atoms with van der Waals surface area (Å²) < 4.78 is 23.4. The molecule has 0 radical (unpaired) electrons. The van der Waals surface area contributed by atoms with E-state index in [-0.39, 0.29) is 29.9 Å². The minimum atomic E-state index is -2.85. The molecule has 1 aromatic carbocycles. The van der Waals surface area contributed by atoms with E-state index in [0.717, 1.165) is 10.2 Å². The smallest absolute Gasteiger partial charge is 0.238 e. The van der Waals surface area contributed by atoms with Crippen molar-refractivity contribution in [1.82, 2.24) is 5.32 Å². The van der Waals surface area contributed by atoms with E-state index in [2.05, 4.69) is 26.6 Å². The number of carbonyl (C=O) groups is 1. The molecule has 5 nitrogen and oxygen atoms in total. The summed E-state index contributed by atoms with van der Waals surface area (Å²) in [6, 6.07) is 7.38. The van der Waals surface area contributed by atoms with Crippen LogP contribution in [0.4, 0.5) is 5.69 Å². The second kappa shape index (κ2) is 6.69. The highest BCUT2D eigenvalue weighted by atomic mass is 79.9. The van der Waals surface area contributed by atoms with Crippen LogP contribution >= 0.6 is 15.9 Å². The Hall–Kier alpha value is -0.920. The maximum absolute atomic E-state index is 11.8. The number of sulfone groups is 1. The van der Waals surface area contributed by atoms with Crippen molar-refractivity contribution in [1.29, 1.82) is 0 Å². The van der Waals surface area contributed by atoms with E-state index >= 15 is 0 Å². The third-order valence-electron chi connectivity index (χ3n) is 3.19. The summed E-state index contributed by atoms with van der Waals surface area (Å²) in [5, 5.41) is 5.80. The third-order valence-corrected chi connectivity index (χ3v) is 5.72. The molecule has 0 aliphatic carbocycles. The van der Waals surface area contributed by atoms with Crippen LogP contribution in [0.5, 0.6) is 0 Å². The zero-order valence-corrected chi connectivity index (χ0v) is 13.3. The molecule has 1 fully saturated rings. The van der Waals surface area contributed by atoms with Crippen LogP contribution in [-0.4, -0.2) is 38.9 Å². The van der Waals surface area contributed by atoms with Gasteiger partial charge in [-0.25, -0.2) is 8.42 Å². The molecule has 1 aliphatic heterocycles. The lowest BCUT2D eigenvalue weighted by atomic mass is 10.1. The first-order chi connectivity index (χ1) is 9.46. The number of rotatable bonds is 5. The average molecular weight is 361 g/mol. The predicted octanol–water partition coefficient (Wildman–Crippen LogP) is 1.41. The minimum absolute atomic E-state index is 0.122. The summed E-state index contributed by atoms with van der Waals surface area (Å²) >= 11 is 3.36. The van der Waals surface area contributed by atoms with Gasteiger partial charge in [-0.3, -0.25) is 4.79 Å². The van der Waals surface area contributed by atoms with Crippen LogP contribution in [0.15, 0.2) is 28.7 Å². The van der Waals surface area contributed by atoms with E-state index in [1.54, 1.807) is 0 Å². The highest BCUT2D eigenvalue weighted by Gasteiger charge is 2.27. The number of para-hydroxylation sites is 1.